The molecule has 0 amide bonds. The molecule has 4 nitrogen and oxygen atoms in total. The van der Waals surface area contributed by atoms with Crippen molar-refractivity contribution in [3.8, 4) is 0 Å². The van der Waals surface area contributed by atoms with Gasteiger partial charge in [-0.05, 0) is 38.4 Å². The van der Waals surface area contributed by atoms with E-state index < -0.39 is 26.6 Å². The van der Waals surface area contributed by atoms with E-state index >= 15 is 0 Å². The van der Waals surface area contributed by atoms with E-state index in [0.717, 1.165) is 25.0 Å². The van der Waals surface area contributed by atoms with Gasteiger partial charge in [-0.3, -0.25) is 0 Å². The molecule has 1 aromatic rings. The molecule has 1 N–H and O–H groups in total. The van der Waals surface area contributed by atoms with Crippen molar-refractivity contribution in [1.29, 1.82) is 0 Å². The van der Waals surface area contributed by atoms with Gasteiger partial charge < -0.3 is 5.32 Å². The molecule has 1 aliphatic carbocycles. The maximum Gasteiger partial charge on any atom is 0.246 e. The quantitative estimate of drug-likeness (QED) is 0.839. The van der Waals surface area contributed by atoms with Crippen molar-refractivity contribution in [2.75, 3.05) is 13.6 Å². The second-order valence-electron chi connectivity index (χ2n) is 5.22. The summed E-state index contributed by atoms with van der Waals surface area (Å²) in [6.45, 7) is 2.17. The molecule has 7 heteroatoms. The summed E-state index contributed by atoms with van der Waals surface area (Å²) in [5.74, 6) is -1.74. The number of hydrogen-bond donors (Lipinski definition) is 1. The van der Waals surface area contributed by atoms with Crippen LogP contribution in [0.3, 0.4) is 0 Å². The lowest BCUT2D eigenvalue weighted by molar-refractivity contribution is 0.399. The Labute approximate surface area is 124 Å². The van der Waals surface area contributed by atoms with Crippen molar-refractivity contribution in [2.24, 2.45) is 0 Å². The number of benzene rings is 1. The first-order chi connectivity index (χ1) is 9.93. The Bertz CT molecular complexity index is 616. The molecule has 1 fully saturated rings. The van der Waals surface area contributed by atoms with Crippen molar-refractivity contribution >= 4 is 10.0 Å². The Morgan fingerprint density at radius 1 is 1.33 bits per heavy atom. The summed E-state index contributed by atoms with van der Waals surface area (Å²) in [4.78, 5) is -0.436. The van der Waals surface area contributed by atoms with Crippen LogP contribution < -0.4 is 5.32 Å². The molecule has 1 aromatic carbocycles. The largest absolute Gasteiger partial charge is 0.315 e. The van der Waals surface area contributed by atoms with Crippen LogP contribution >= 0.6 is 0 Å². The zero-order valence-corrected chi connectivity index (χ0v) is 13.0. The smallest absolute Gasteiger partial charge is 0.246 e. The third-order valence-corrected chi connectivity index (χ3v) is 5.46. The van der Waals surface area contributed by atoms with Crippen LogP contribution in [0.5, 0.6) is 0 Å². The van der Waals surface area contributed by atoms with Gasteiger partial charge in [0.1, 0.15) is 10.7 Å². The second-order valence-corrected chi connectivity index (χ2v) is 7.07. The van der Waals surface area contributed by atoms with Crippen molar-refractivity contribution < 1.29 is 17.2 Å². The third kappa shape index (κ3) is 3.25. The Balaban J connectivity index is 2.46. The van der Waals surface area contributed by atoms with Crippen molar-refractivity contribution in [1.82, 2.24) is 9.62 Å². The first-order valence-electron chi connectivity index (χ1n) is 7.06. The fourth-order valence-electron chi connectivity index (χ4n) is 2.32. The normalized spacial score (nSPS) is 15.7. The Kier molecular flexibility index (Phi) is 4.95. The maximum absolute atomic E-state index is 14.4. The summed E-state index contributed by atoms with van der Waals surface area (Å²) >= 11 is 0. The maximum atomic E-state index is 14.4. The fourth-order valence-corrected chi connectivity index (χ4v) is 4.19. The molecule has 0 atom stereocenters. The summed E-state index contributed by atoms with van der Waals surface area (Å²) in [5.41, 5.74) is -0.245. The zero-order chi connectivity index (χ0) is 15.6. The highest BCUT2D eigenvalue weighted by Crippen LogP contribution is 2.33. The number of sulfonamides is 1. The molecule has 0 aliphatic heterocycles. The van der Waals surface area contributed by atoms with E-state index in [2.05, 4.69) is 5.32 Å². The topological polar surface area (TPSA) is 49.4 Å². The SMILES string of the molecule is CCCN(C1CC1)S(=O)(=O)c1ccc(F)c(CNC)c1F. The molecule has 21 heavy (non-hydrogen) atoms. The minimum Gasteiger partial charge on any atom is -0.315 e. The predicted octanol–water partition coefficient (Wildman–Crippen LogP) is 2.25. The molecule has 0 saturated heterocycles. The second kappa shape index (κ2) is 6.37. The Morgan fingerprint density at radius 2 is 2.00 bits per heavy atom. The monoisotopic (exact) mass is 318 g/mol. The van der Waals surface area contributed by atoms with Crippen molar-refractivity contribution in [3.63, 3.8) is 0 Å². The zero-order valence-electron chi connectivity index (χ0n) is 12.2. The highest BCUT2D eigenvalue weighted by molar-refractivity contribution is 7.89. The van der Waals surface area contributed by atoms with E-state index in [0.29, 0.717) is 13.0 Å². The standard InChI is InChI=1S/C14H20F2N2O2S/c1-3-8-18(10-4-5-10)21(19,20)13-7-6-12(15)11(9-17-2)14(13)16/h6-7,10,17H,3-5,8-9H2,1-2H3. The van der Waals surface area contributed by atoms with E-state index in [1.807, 2.05) is 6.92 Å². The van der Waals surface area contributed by atoms with Gasteiger partial charge in [0.15, 0.2) is 5.82 Å². The van der Waals surface area contributed by atoms with Gasteiger partial charge in [-0.1, -0.05) is 6.92 Å². The van der Waals surface area contributed by atoms with E-state index in [4.69, 9.17) is 0 Å². The van der Waals surface area contributed by atoms with Gasteiger partial charge in [-0.2, -0.15) is 4.31 Å². The van der Waals surface area contributed by atoms with Crippen LogP contribution in [0.15, 0.2) is 17.0 Å². The third-order valence-electron chi connectivity index (χ3n) is 3.49. The molecule has 0 spiro atoms. The van der Waals surface area contributed by atoms with E-state index in [1.165, 1.54) is 4.31 Å². The van der Waals surface area contributed by atoms with Gasteiger partial charge in [0, 0.05) is 24.7 Å². The highest BCUT2D eigenvalue weighted by atomic mass is 32.2. The molecule has 0 heterocycles. The molecule has 2 rings (SSSR count). The fraction of sp³-hybridized carbons (Fsp3) is 0.571. The molecule has 0 aromatic heterocycles. The molecule has 118 valence electrons. The van der Waals surface area contributed by atoms with Gasteiger partial charge in [0.05, 0.1) is 0 Å². The lowest BCUT2D eigenvalue weighted by atomic mass is 10.2. The van der Waals surface area contributed by atoms with Gasteiger partial charge in [-0.25, -0.2) is 17.2 Å². The predicted molar refractivity (Wildman–Crippen MR) is 76.3 cm³/mol. The van der Waals surface area contributed by atoms with E-state index in [1.54, 1.807) is 7.05 Å². The van der Waals surface area contributed by atoms with Crippen LogP contribution in [-0.4, -0.2) is 32.4 Å². The van der Waals surface area contributed by atoms with Crippen molar-refractivity contribution in [3.05, 3.63) is 29.3 Å². The van der Waals surface area contributed by atoms with Crippen LogP contribution in [0.25, 0.3) is 0 Å². The average Bonchev–Trinajstić information content (AvgIpc) is 3.24. The molecule has 1 saturated carbocycles. The molecular weight excluding hydrogens is 298 g/mol. The van der Waals surface area contributed by atoms with Crippen LogP contribution in [0, 0.1) is 11.6 Å². The molecule has 0 radical (unpaired) electrons. The molecular formula is C14H20F2N2O2S. The van der Waals surface area contributed by atoms with Crippen LogP contribution in [0.2, 0.25) is 0 Å². The summed E-state index contributed by atoms with van der Waals surface area (Å²) in [6, 6.07) is 1.98. The minimum atomic E-state index is -3.92. The Hall–Kier alpha value is -1.05. The first-order valence-corrected chi connectivity index (χ1v) is 8.50. The van der Waals surface area contributed by atoms with Gasteiger partial charge in [0.2, 0.25) is 10.0 Å². The summed E-state index contributed by atoms with van der Waals surface area (Å²) in [6.07, 6.45) is 2.25. The lowest BCUT2D eigenvalue weighted by Gasteiger charge is -2.22. The van der Waals surface area contributed by atoms with Crippen LogP contribution in [0.4, 0.5) is 8.78 Å². The van der Waals surface area contributed by atoms with Gasteiger partial charge in [-0.15, -0.1) is 0 Å². The minimum absolute atomic E-state index is 0.0489. The number of hydrogen-bond acceptors (Lipinski definition) is 3. The lowest BCUT2D eigenvalue weighted by Crippen LogP contribution is -2.34. The number of rotatable bonds is 7. The van der Waals surface area contributed by atoms with Gasteiger partial charge >= 0.3 is 0 Å². The molecule has 0 unspecified atom stereocenters. The summed E-state index contributed by atoms with van der Waals surface area (Å²) in [7, 11) is -2.38. The highest BCUT2D eigenvalue weighted by Gasteiger charge is 2.39. The van der Waals surface area contributed by atoms with E-state index in [-0.39, 0.29) is 18.2 Å². The summed E-state index contributed by atoms with van der Waals surface area (Å²) < 4.78 is 54.7. The van der Waals surface area contributed by atoms with E-state index in [9.17, 15) is 17.2 Å². The number of halogens is 2. The average molecular weight is 318 g/mol. The molecule has 0 bridgehead atoms. The Morgan fingerprint density at radius 3 is 2.52 bits per heavy atom. The molecule has 1 aliphatic rings. The number of nitrogens with one attached hydrogen (secondary N) is 1. The van der Waals surface area contributed by atoms with Crippen molar-refractivity contribution in [2.45, 2.75) is 43.7 Å². The number of nitrogens with zero attached hydrogens (tertiary/aromatic N) is 1. The van der Waals surface area contributed by atoms with Crippen LogP contribution in [-0.2, 0) is 16.6 Å². The summed E-state index contributed by atoms with van der Waals surface area (Å²) in [5, 5.41) is 2.65. The first kappa shape index (κ1) is 16.3. The van der Waals surface area contributed by atoms with Crippen LogP contribution in [0.1, 0.15) is 31.7 Å². The van der Waals surface area contributed by atoms with Gasteiger partial charge in [0.25, 0.3) is 0 Å².